The predicted molar refractivity (Wildman–Crippen MR) is 49.3 cm³/mol. The van der Waals surface area contributed by atoms with Crippen LogP contribution in [-0.4, -0.2) is 41.7 Å². The lowest BCUT2D eigenvalue weighted by atomic mass is 9.91. The quantitative estimate of drug-likeness (QED) is 0.570. The molecule has 0 aromatic carbocycles. The van der Waals surface area contributed by atoms with Crippen LogP contribution in [0.4, 0.5) is 4.79 Å². The van der Waals surface area contributed by atoms with Crippen molar-refractivity contribution in [3.05, 3.63) is 0 Å². The molecule has 1 saturated heterocycles. The Morgan fingerprint density at radius 2 is 1.36 bits per heavy atom. The molecule has 0 unspecified atom stereocenters. The molecule has 0 N–H and O–H groups in total. The van der Waals surface area contributed by atoms with Gasteiger partial charge in [-0.05, 0) is 5.92 Å². The van der Waals surface area contributed by atoms with Gasteiger partial charge in [-0.1, -0.05) is 13.8 Å². The van der Waals surface area contributed by atoms with E-state index in [1.165, 1.54) is 14.1 Å². The lowest BCUT2D eigenvalue weighted by molar-refractivity contribution is -0.149. The highest BCUT2D eigenvalue weighted by molar-refractivity contribution is 6.15. The van der Waals surface area contributed by atoms with Gasteiger partial charge in [0.25, 0.3) is 0 Å². The van der Waals surface area contributed by atoms with Crippen molar-refractivity contribution >= 4 is 17.8 Å². The largest absolute Gasteiger partial charge is 0.332 e. The summed E-state index contributed by atoms with van der Waals surface area (Å²) in [4.78, 5) is 36.5. The number of amides is 4. The van der Waals surface area contributed by atoms with Crippen molar-refractivity contribution in [1.29, 1.82) is 0 Å². The summed E-state index contributed by atoms with van der Waals surface area (Å²) < 4.78 is 0. The van der Waals surface area contributed by atoms with Gasteiger partial charge in [0.2, 0.25) is 11.8 Å². The van der Waals surface area contributed by atoms with E-state index in [0.717, 1.165) is 9.80 Å². The van der Waals surface area contributed by atoms with Crippen LogP contribution in [0, 0.1) is 11.8 Å². The Hall–Kier alpha value is -1.39. The molecule has 1 aliphatic rings. The van der Waals surface area contributed by atoms with Crippen molar-refractivity contribution in [2.24, 2.45) is 11.8 Å². The average molecular weight is 198 g/mol. The molecule has 0 bridgehead atoms. The maximum absolute atomic E-state index is 11.6. The first kappa shape index (κ1) is 10.7. The summed E-state index contributed by atoms with van der Waals surface area (Å²) in [5.41, 5.74) is 0. The van der Waals surface area contributed by atoms with Gasteiger partial charge in [0, 0.05) is 14.1 Å². The number of nitrogens with zero attached hydrogens (tertiary/aromatic N) is 2. The smallest absolute Gasteiger partial charge is 0.273 e. The van der Waals surface area contributed by atoms with Crippen molar-refractivity contribution in [3.8, 4) is 0 Å². The fraction of sp³-hybridized carbons (Fsp3) is 0.667. The number of hydrogen-bond acceptors (Lipinski definition) is 3. The van der Waals surface area contributed by atoms with E-state index in [9.17, 15) is 14.4 Å². The van der Waals surface area contributed by atoms with Gasteiger partial charge < -0.3 is 0 Å². The number of carbonyl (C=O) groups excluding carboxylic acids is 3. The van der Waals surface area contributed by atoms with Gasteiger partial charge in [0.15, 0.2) is 0 Å². The molecule has 1 heterocycles. The average Bonchev–Trinajstić information content (AvgIpc) is 2.11. The van der Waals surface area contributed by atoms with Crippen molar-refractivity contribution in [2.45, 2.75) is 13.8 Å². The summed E-state index contributed by atoms with van der Waals surface area (Å²) in [6.07, 6.45) is 0. The molecule has 4 amide bonds. The monoisotopic (exact) mass is 198 g/mol. The molecule has 0 radical (unpaired) electrons. The van der Waals surface area contributed by atoms with Crippen LogP contribution in [0.25, 0.3) is 0 Å². The second kappa shape index (κ2) is 3.40. The second-order valence-electron chi connectivity index (χ2n) is 3.80. The third kappa shape index (κ3) is 1.38. The molecule has 14 heavy (non-hydrogen) atoms. The van der Waals surface area contributed by atoms with Crippen LogP contribution in [0.5, 0.6) is 0 Å². The van der Waals surface area contributed by atoms with E-state index in [0.29, 0.717) is 0 Å². The van der Waals surface area contributed by atoms with Crippen LogP contribution in [-0.2, 0) is 9.59 Å². The lowest BCUT2D eigenvalue weighted by Gasteiger charge is -2.34. The van der Waals surface area contributed by atoms with Gasteiger partial charge in [-0.3, -0.25) is 19.4 Å². The second-order valence-corrected chi connectivity index (χ2v) is 3.80. The fourth-order valence-electron chi connectivity index (χ4n) is 1.51. The highest BCUT2D eigenvalue weighted by Crippen LogP contribution is 2.21. The van der Waals surface area contributed by atoms with E-state index >= 15 is 0 Å². The predicted octanol–water partition coefficient (Wildman–Crippen LogP) is 0.309. The molecule has 0 aliphatic carbocycles. The Balaban J connectivity index is 3.04. The van der Waals surface area contributed by atoms with E-state index in [-0.39, 0.29) is 5.92 Å². The van der Waals surface area contributed by atoms with E-state index in [4.69, 9.17) is 0 Å². The molecule has 0 aromatic heterocycles. The van der Waals surface area contributed by atoms with Crippen molar-refractivity contribution < 1.29 is 14.4 Å². The number of urea groups is 1. The van der Waals surface area contributed by atoms with Gasteiger partial charge in [-0.15, -0.1) is 0 Å². The summed E-state index contributed by atoms with van der Waals surface area (Å²) >= 11 is 0. The summed E-state index contributed by atoms with van der Waals surface area (Å²) in [7, 11) is 2.78. The number of hydrogen-bond donors (Lipinski definition) is 0. The SMILES string of the molecule is CC(C)C1C(=O)N(C)C(=O)N(C)C1=O. The van der Waals surface area contributed by atoms with Gasteiger partial charge in [0.05, 0.1) is 0 Å². The van der Waals surface area contributed by atoms with Gasteiger partial charge >= 0.3 is 6.03 Å². The molecule has 0 spiro atoms. The highest BCUT2D eigenvalue weighted by atomic mass is 16.2. The summed E-state index contributed by atoms with van der Waals surface area (Å²) in [5, 5.41) is 0. The topological polar surface area (TPSA) is 57.7 Å². The molecule has 1 fully saturated rings. The van der Waals surface area contributed by atoms with Crippen molar-refractivity contribution in [1.82, 2.24) is 9.80 Å². The van der Waals surface area contributed by atoms with Crippen LogP contribution in [0.3, 0.4) is 0 Å². The summed E-state index contributed by atoms with van der Waals surface area (Å²) in [6, 6.07) is -0.558. The standard InChI is InChI=1S/C9H14N2O3/c1-5(2)6-7(12)10(3)9(14)11(4)8(6)13/h5-6H,1-4H3. The first-order chi connectivity index (χ1) is 6.37. The summed E-state index contributed by atoms with van der Waals surface area (Å²) in [5.74, 6) is -1.63. The normalized spacial score (nSPS) is 19.9. The molecular formula is C9H14N2O3. The lowest BCUT2D eigenvalue weighted by Crippen LogP contribution is -2.58. The first-order valence-corrected chi connectivity index (χ1v) is 4.47. The molecule has 0 aromatic rings. The Morgan fingerprint density at radius 1 is 1.00 bits per heavy atom. The molecule has 0 atom stereocenters. The number of imide groups is 2. The van der Waals surface area contributed by atoms with Crippen LogP contribution in [0.2, 0.25) is 0 Å². The number of barbiturate groups is 1. The minimum absolute atomic E-state index is 0.0898. The Kier molecular flexibility index (Phi) is 2.59. The third-order valence-corrected chi connectivity index (χ3v) is 2.43. The fourth-order valence-corrected chi connectivity index (χ4v) is 1.51. The number of carbonyl (C=O) groups is 3. The molecule has 1 aliphatic heterocycles. The van der Waals surface area contributed by atoms with E-state index < -0.39 is 23.8 Å². The zero-order chi connectivity index (χ0) is 11.0. The molecule has 0 saturated carbocycles. The maximum Gasteiger partial charge on any atom is 0.332 e. The van der Waals surface area contributed by atoms with Crippen molar-refractivity contribution in [2.75, 3.05) is 14.1 Å². The maximum atomic E-state index is 11.6. The molecule has 5 heteroatoms. The van der Waals surface area contributed by atoms with Crippen LogP contribution >= 0.6 is 0 Å². The zero-order valence-electron chi connectivity index (χ0n) is 8.77. The van der Waals surface area contributed by atoms with Crippen LogP contribution in [0.1, 0.15) is 13.8 Å². The Bertz CT molecular complexity index is 274. The molecule has 1 rings (SSSR count). The van der Waals surface area contributed by atoms with Gasteiger partial charge in [-0.2, -0.15) is 0 Å². The van der Waals surface area contributed by atoms with Crippen molar-refractivity contribution in [3.63, 3.8) is 0 Å². The minimum Gasteiger partial charge on any atom is -0.273 e. The van der Waals surface area contributed by atoms with Gasteiger partial charge in [-0.25, -0.2) is 4.79 Å². The minimum atomic E-state index is -0.720. The Morgan fingerprint density at radius 3 is 1.64 bits per heavy atom. The molecular weight excluding hydrogens is 184 g/mol. The third-order valence-electron chi connectivity index (χ3n) is 2.43. The van der Waals surface area contributed by atoms with E-state index in [1.54, 1.807) is 13.8 Å². The first-order valence-electron chi connectivity index (χ1n) is 4.47. The molecule has 78 valence electrons. The summed E-state index contributed by atoms with van der Waals surface area (Å²) in [6.45, 7) is 3.58. The van der Waals surface area contributed by atoms with Crippen LogP contribution in [0.15, 0.2) is 0 Å². The zero-order valence-corrected chi connectivity index (χ0v) is 8.77. The van der Waals surface area contributed by atoms with E-state index in [2.05, 4.69) is 0 Å². The molecule has 5 nitrogen and oxygen atoms in total. The van der Waals surface area contributed by atoms with Gasteiger partial charge in [0.1, 0.15) is 5.92 Å². The van der Waals surface area contributed by atoms with E-state index in [1.807, 2.05) is 0 Å². The number of rotatable bonds is 1. The van der Waals surface area contributed by atoms with Crippen LogP contribution < -0.4 is 0 Å². The Labute approximate surface area is 82.7 Å². The highest BCUT2D eigenvalue weighted by Gasteiger charge is 2.43.